The van der Waals surface area contributed by atoms with Crippen LogP contribution in [0.4, 0.5) is 4.39 Å². The molecule has 1 aromatic heterocycles. The number of furan rings is 1. The minimum Gasteiger partial charge on any atom is -0.481 e. The van der Waals surface area contributed by atoms with Crippen LogP contribution in [-0.4, -0.2) is 23.5 Å². The Morgan fingerprint density at radius 1 is 1.36 bits per heavy atom. The predicted octanol–water partition coefficient (Wildman–Crippen LogP) is 2.33. The summed E-state index contributed by atoms with van der Waals surface area (Å²) >= 11 is 0. The fraction of sp³-hybridized carbons (Fsp3) is 0.250. The number of carbonyl (C=O) groups excluding carboxylic acids is 1. The van der Waals surface area contributed by atoms with Gasteiger partial charge in [0.05, 0.1) is 11.8 Å². The number of hydrogen-bond acceptors (Lipinski definition) is 3. The number of benzene rings is 1. The lowest BCUT2D eigenvalue weighted by molar-refractivity contribution is -0.136. The number of hydrogen-bond donors (Lipinski definition) is 2. The maximum atomic E-state index is 13.0. The maximum Gasteiger partial charge on any atom is 0.311 e. The second kappa shape index (κ2) is 6.89. The van der Waals surface area contributed by atoms with Crippen molar-refractivity contribution >= 4 is 11.9 Å². The molecule has 0 unspecified atom stereocenters. The molecule has 0 fully saturated rings. The van der Waals surface area contributed by atoms with Crippen molar-refractivity contribution in [1.82, 2.24) is 5.32 Å². The molecule has 0 bridgehead atoms. The molecule has 2 aromatic rings. The number of aliphatic carboxylic acids is 1. The highest BCUT2D eigenvalue weighted by Crippen LogP contribution is 2.17. The van der Waals surface area contributed by atoms with Gasteiger partial charge in [0.25, 0.3) is 5.91 Å². The van der Waals surface area contributed by atoms with Crippen molar-refractivity contribution in [2.75, 3.05) is 6.54 Å². The van der Waals surface area contributed by atoms with Gasteiger partial charge in [-0.05, 0) is 31.0 Å². The van der Waals surface area contributed by atoms with Crippen LogP contribution in [0.25, 0.3) is 0 Å². The molecule has 2 rings (SSSR count). The van der Waals surface area contributed by atoms with Gasteiger partial charge in [0.1, 0.15) is 18.0 Å². The first-order valence-corrected chi connectivity index (χ1v) is 6.78. The van der Waals surface area contributed by atoms with E-state index in [1.165, 1.54) is 18.4 Å². The molecule has 0 aliphatic carbocycles. The molecule has 1 aromatic carbocycles. The zero-order valence-corrected chi connectivity index (χ0v) is 12.1. The van der Waals surface area contributed by atoms with E-state index in [9.17, 15) is 14.0 Å². The van der Waals surface area contributed by atoms with Crippen LogP contribution in [0.3, 0.4) is 0 Å². The van der Waals surface area contributed by atoms with Gasteiger partial charge in [-0.1, -0.05) is 12.1 Å². The zero-order valence-electron chi connectivity index (χ0n) is 12.1. The number of rotatable bonds is 6. The Hall–Kier alpha value is -2.63. The van der Waals surface area contributed by atoms with Gasteiger partial charge in [0.15, 0.2) is 0 Å². The molecule has 0 saturated carbocycles. The number of aryl methyl sites for hydroxylation is 1. The van der Waals surface area contributed by atoms with Gasteiger partial charge in [-0.25, -0.2) is 4.39 Å². The van der Waals surface area contributed by atoms with Crippen LogP contribution in [-0.2, 0) is 17.6 Å². The van der Waals surface area contributed by atoms with Gasteiger partial charge in [0.2, 0.25) is 0 Å². The first-order chi connectivity index (χ1) is 10.5. The van der Waals surface area contributed by atoms with Crippen LogP contribution in [0.1, 0.15) is 27.2 Å². The summed E-state index contributed by atoms with van der Waals surface area (Å²) in [5.41, 5.74) is 1.61. The Morgan fingerprint density at radius 3 is 2.82 bits per heavy atom. The van der Waals surface area contributed by atoms with Gasteiger partial charge in [-0.3, -0.25) is 9.59 Å². The lowest BCUT2D eigenvalue weighted by Crippen LogP contribution is -2.27. The number of carboxylic acids is 1. The first kappa shape index (κ1) is 15.8. The van der Waals surface area contributed by atoms with E-state index >= 15 is 0 Å². The van der Waals surface area contributed by atoms with Crippen molar-refractivity contribution in [3.63, 3.8) is 0 Å². The summed E-state index contributed by atoms with van der Waals surface area (Å²) < 4.78 is 18.2. The molecule has 0 radical (unpaired) electrons. The van der Waals surface area contributed by atoms with Crippen molar-refractivity contribution < 1.29 is 23.5 Å². The molecule has 6 heteroatoms. The normalized spacial score (nSPS) is 10.5. The summed E-state index contributed by atoms with van der Waals surface area (Å²) in [7, 11) is 0. The molecule has 5 nitrogen and oxygen atoms in total. The minimum absolute atomic E-state index is 0.133. The van der Waals surface area contributed by atoms with Crippen LogP contribution in [0.5, 0.6) is 0 Å². The summed E-state index contributed by atoms with van der Waals surface area (Å²) in [6.07, 6.45) is 1.49. The third-order valence-electron chi connectivity index (χ3n) is 3.18. The number of carbonyl (C=O) groups is 2. The molecule has 0 saturated heterocycles. The quantitative estimate of drug-likeness (QED) is 0.858. The summed E-state index contributed by atoms with van der Waals surface area (Å²) in [6.45, 7) is 2.00. The number of halogens is 1. The maximum absolute atomic E-state index is 13.0. The second-order valence-corrected chi connectivity index (χ2v) is 4.92. The van der Waals surface area contributed by atoms with Gasteiger partial charge in [-0.2, -0.15) is 0 Å². The summed E-state index contributed by atoms with van der Waals surface area (Å²) in [4.78, 5) is 22.9. The summed E-state index contributed by atoms with van der Waals surface area (Å²) in [5.74, 6) is -1.64. The summed E-state index contributed by atoms with van der Waals surface area (Å²) in [5, 5.41) is 11.5. The van der Waals surface area contributed by atoms with Gasteiger partial charge < -0.3 is 14.8 Å². The van der Waals surface area contributed by atoms with Gasteiger partial charge >= 0.3 is 5.97 Å². The SMILES string of the molecule is Cc1coc(CC(=O)O)c1C(=O)NCCc1cccc(F)c1. The first-order valence-electron chi connectivity index (χ1n) is 6.78. The van der Waals surface area contributed by atoms with Crippen molar-refractivity contribution in [2.24, 2.45) is 0 Å². The van der Waals surface area contributed by atoms with Crippen molar-refractivity contribution in [3.05, 3.63) is 58.8 Å². The molecular weight excluding hydrogens is 289 g/mol. The molecule has 0 spiro atoms. The van der Waals surface area contributed by atoms with E-state index in [2.05, 4.69) is 5.32 Å². The Balaban J connectivity index is 1.98. The van der Waals surface area contributed by atoms with Crippen molar-refractivity contribution in [1.29, 1.82) is 0 Å². The van der Waals surface area contributed by atoms with Crippen LogP contribution in [0, 0.1) is 12.7 Å². The lowest BCUT2D eigenvalue weighted by atomic mass is 10.1. The standard InChI is InChI=1S/C16H16FNO4/c1-10-9-22-13(8-14(19)20)15(10)16(21)18-6-5-11-3-2-4-12(17)7-11/h2-4,7,9H,5-6,8H2,1H3,(H,18,21)(H,19,20). The Morgan fingerprint density at radius 2 is 2.14 bits per heavy atom. The molecule has 116 valence electrons. The highest BCUT2D eigenvalue weighted by molar-refractivity contribution is 5.97. The van der Waals surface area contributed by atoms with Gasteiger partial charge in [-0.15, -0.1) is 0 Å². The van der Waals surface area contributed by atoms with E-state index in [4.69, 9.17) is 9.52 Å². The van der Waals surface area contributed by atoms with E-state index < -0.39 is 5.97 Å². The molecule has 0 aliphatic rings. The summed E-state index contributed by atoms with van der Waals surface area (Å²) in [6, 6.07) is 6.14. The third kappa shape index (κ3) is 3.94. The highest BCUT2D eigenvalue weighted by atomic mass is 19.1. The minimum atomic E-state index is -1.07. The predicted molar refractivity (Wildman–Crippen MR) is 77.2 cm³/mol. The van der Waals surface area contributed by atoms with E-state index in [0.29, 0.717) is 18.5 Å². The molecule has 0 aliphatic heterocycles. The average Bonchev–Trinajstić information content (AvgIpc) is 2.79. The topological polar surface area (TPSA) is 79.5 Å². The van der Waals surface area contributed by atoms with E-state index in [1.54, 1.807) is 19.1 Å². The highest BCUT2D eigenvalue weighted by Gasteiger charge is 2.20. The fourth-order valence-corrected chi connectivity index (χ4v) is 2.17. The molecule has 0 atom stereocenters. The smallest absolute Gasteiger partial charge is 0.311 e. The number of nitrogens with one attached hydrogen (secondary N) is 1. The van der Waals surface area contributed by atoms with Crippen molar-refractivity contribution in [3.8, 4) is 0 Å². The molecule has 2 N–H and O–H groups in total. The Bertz CT molecular complexity index is 693. The lowest BCUT2D eigenvalue weighted by Gasteiger charge is -2.06. The fourth-order valence-electron chi connectivity index (χ4n) is 2.17. The molecular formula is C16H16FNO4. The number of amides is 1. The number of carboxylic acid groups (broad SMARTS) is 1. The van der Waals surface area contributed by atoms with E-state index in [0.717, 1.165) is 5.56 Å². The molecule has 1 heterocycles. The third-order valence-corrected chi connectivity index (χ3v) is 3.18. The monoisotopic (exact) mass is 305 g/mol. The van der Waals surface area contributed by atoms with Crippen molar-refractivity contribution in [2.45, 2.75) is 19.8 Å². The molecule has 1 amide bonds. The van der Waals surface area contributed by atoms with Crippen LogP contribution < -0.4 is 5.32 Å². The van der Waals surface area contributed by atoms with E-state index in [1.807, 2.05) is 0 Å². The average molecular weight is 305 g/mol. The Kier molecular flexibility index (Phi) is 4.93. The van der Waals surface area contributed by atoms with Crippen LogP contribution in [0.15, 0.2) is 34.9 Å². The van der Waals surface area contributed by atoms with Crippen LogP contribution in [0.2, 0.25) is 0 Å². The second-order valence-electron chi connectivity index (χ2n) is 4.92. The van der Waals surface area contributed by atoms with E-state index in [-0.39, 0.29) is 29.5 Å². The van der Waals surface area contributed by atoms with Crippen LogP contribution >= 0.6 is 0 Å². The molecule has 22 heavy (non-hydrogen) atoms. The largest absolute Gasteiger partial charge is 0.481 e. The Labute approximate surface area is 126 Å². The zero-order chi connectivity index (χ0) is 16.1. The van der Waals surface area contributed by atoms with Gasteiger partial charge in [0, 0.05) is 12.1 Å².